The maximum atomic E-state index is 11.9. The van der Waals surface area contributed by atoms with E-state index in [1.807, 2.05) is 31.2 Å². The summed E-state index contributed by atoms with van der Waals surface area (Å²) >= 11 is 0. The predicted octanol–water partition coefficient (Wildman–Crippen LogP) is 3.40. The summed E-state index contributed by atoms with van der Waals surface area (Å²) in [6.07, 6.45) is 0.645. The first-order valence-electron chi connectivity index (χ1n) is 7.28. The highest BCUT2D eigenvalue weighted by Gasteiger charge is 2.31. The Balaban J connectivity index is 1.96. The summed E-state index contributed by atoms with van der Waals surface area (Å²) in [5.74, 6) is 0.121. The van der Waals surface area contributed by atoms with Crippen LogP contribution in [0.2, 0.25) is 0 Å². The summed E-state index contributed by atoms with van der Waals surface area (Å²) < 4.78 is 0. The van der Waals surface area contributed by atoms with E-state index < -0.39 is 0 Å². The zero-order valence-electron chi connectivity index (χ0n) is 12.7. The SMILES string of the molecule is CC(=O)N1N=C(c2cccc(O)c2)C[C@H]1c1cccc(C)c1. The van der Waals surface area contributed by atoms with Gasteiger partial charge in [-0.15, -0.1) is 0 Å². The first-order valence-corrected chi connectivity index (χ1v) is 7.28. The lowest BCUT2D eigenvalue weighted by Gasteiger charge is -2.20. The number of aryl methyl sites for hydroxylation is 1. The third kappa shape index (κ3) is 2.72. The van der Waals surface area contributed by atoms with Crippen molar-refractivity contribution in [1.82, 2.24) is 5.01 Å². The minimum Gasteiger partial charge on any atom is -0.508 e. The van der Waals surface area contributed by atoms with Gasteiger partial charge in [-0.05, 0) is 24.6 Å². The van der Waals surface area contributed by atoms with Crippen molar-refractivity contribution in [2.75, 3.05) is 0 Å². The topological polar surface area (TPSA) is 52.9 Å². The van der Waals surface area contributed by atoms with Crippen LogP contribution in [0.15, 0.2) is 53.6 Å². The van der Waals surface area contributed by atoms with Crippen molar-refractivity contribution in [3.05, 3.63) is 65.2 Å². The number of carbonyl (C=O) groups excluding carboxylic acids is 1. The van der Waals surface area contributed by atoms with Gasteiger partial charge in [0.2, 0.25) is 5.91 Å². The molecular formula is C18H18N2O2. The van der Waals surface area contributed by atoms with Crippen molar-refractivity contribution in [1.29, 1.82) is 0 Å². The Kier molecular flexibility index (Phi) is 3.67. The van der Waals surface area contributed by atoms with Crippen molar-refractivity contribution < 1.29 is 9.90 Å². The van der Waals surface area contributed by atoms with E-state index in [0.29, 0.717) is 6.42 Å². The number of nitrogens with zero attached hydrogens (tertiary/aromatic N) is 2. The number of hydrogen-bond acceptors (Lipinski definition) is 3. The van der Waals surface area contributed by atoms with Crippen LogP contribution in [0, 0.1) is 6.92 Å². The van der Waals surface area contributed by atoms with Crippen LogP contribution in [0.1, 0.15) is 36.1 Å². The second-order valence-corrected chi connectivity index (χ2v) is 5.59. The van der Waals surface area contributed by atoms with Gasteiger partial charge in [0.1, 0.15) is 5.75 Å². The standard InChI is InChI=1S/C18H18N2O2/c1-12-5-3-7-15(9-12)18-11-17(19-20(18)13(2)21)14-6-4-8-16(22)10-14/h3-10,18,22H,11H2,1-2H3/t18-/m0/s1. The molecule has 0 aliphatic carbocycles. The van der Waals surface area contributed by atoms with Gasteiger partial charge >= 0.3 is 0 Å². The van der Waals surface area contributed by atoms with Gasteiger partial charge in [-0.2, -0.15) is 5.10 Å². The first-order chi connectivity index (χ1) is 10.5. The Hall–Kier alpha value is -2.62. The van der Waals surface area contributed by atoms with Crippen molar-refractivity contribution in [3.63, 3.8) is 0 Å². The molecule has 3 rings (SSSR count). The molecule has 0 fully saturated rings. The number of hydrogen-bond donors (Lipinski definition) is 1. The molecule has 0 aromatic heterocycles. The van der Waals surface area contributed by atoms with E-state index in [9.17, 15) is 9.90 Å². The highest BCUT2D eigenvalue weighted by atomic mass is 16.3. The average Bonchev–Trinajstić information content (AvgIpc) is 2.92. The normalized spacial score (nSPS) is 17.5. The van der Waals surface area contributed by atoms with Gasteiger partial charge in [0.15, 0.2) is 0 Å². The number of aromatic hydroxyl groups is 1. The zero-order chi connectivity index (χ0) is 15.7. The largest absolute Gasteiger partial charge is 0.508 e. The lowest BCUT2D eigenvalue weighted by atomic mass is 9.97. The first kappa shape index (κ1) is 14.3. The van der Waals surface area contributed by atoms with E-state index in [0.717, 1.165) is 22.4 Å². The monoisotopic (exact) mass is 294 g/mol. The van der Waals surface area contributed by atoms with E-state index in [4.69, 9.17) is 0 Å². The van der Waals surface area contributed by atoms with E-state index >= 15 is 0 Å². The van der Waals surface area contributed by atoms with Crippen molar-refractivity contribution in [2.45, 2.75) is 26.3 Å². The molecule has 1 heterocycles. The van der Waals surface area contributed by atoms with E-state index in [1.54, 1.807) is 18.2 Å². The molecule has 0 radical (unpaired) electrons. The van der Waals surface area contributed by atoms with Crippen LogP contribution in [0.5, 0.6) is 5.75 Å². The fourth-order valence-electron chi connectivity index (χ4n) is 2.80. The molecular weight excluding hydrogens is 276 g/mol. The number of amides is 1. The quantitative estimate of drug-likeness (QED) is 0.923. The average molecular weight is 294 g/mol. The predicted molar refractivity (Wildman–Crippen MR) is 85.7 cm³/mol. The fourth-order valence-corrected chi connectivity index (χ4v) is 2.80. The number of hydrazone groups is 1. The lowest BCUT2D eigenvalue weighted by molar-refractivity contribution is -0.130. The van der Waals surface area contributed by atoms with Crippen molar-refractivity contribution >= 4 is 11.6 Å². The number of phenolic OH excluding ortho intramolecular Hbond substituents is 1. The van der Waals surface area contributed by atoms with Crippen LogP contribution in [-0.4, -0.2) is 21.7 Å². The number of phenols is 1. The number of rotatable bonds is 2. The Labute approximate surface area is 129 Å². The van der Waals surface area contributed by atoms with Crippen LogP contribution in [0.4, 0.5) is 0 Å². The second kappa shape index (κ2) is 5.64. The third-order valence-corrected chi connectivity index (χ3v) is 3.84. The van der Waals surface area contributed by atoms with Crippen LogP contribution in [0.3, 0.4) is 0 Å². The van der Waals surface area contributed by atoms with Gasteiger partial charge in [-0.3, -0.25) is 4.79 Å². The van der Waals surface area contributed by atoms with Crippen LogP contribution in [0.25, 0.3) is 0 Å². The second-order valence-electron chi connectivity index (χ2n) is 5.59. The van der Waals surface area contributed by atoms with Gasteiger partial charge in [0.25, 0.3) is 0 Å². The summed E-state index contributed by atoms with van der Waals surface area (Å²) in [5.41, 5.74) is 3.90. The number of benzene rings is 2. The molecule has 0 unspecified atom stereocenters. The summed E-state index contributed by atoms with van der Waals surface area (Å²) in [7, 11) is 0. The lowest BCUT2D eigenvalue weighted by Crippen LogP contribution is -2.24. The maximum Gasteiger partial charge on any atom is 0.240 e. The smallest absolute Gasteiger partial charge is 0.240 e. The molecule has 4 nitrogen and oxygen atoms in total. The van der Waals surface area contributed by atoms with Crippen LogP contribution < -0.4 is 0 Å². The third-order valence-electron chi connectivity index (χ3n) is 3.84. The highest BCUT2D eigenvalue weighted by Crippen LogP contribution is 2.33. The fraction of sp³-hybridized carbons (Fsp3) is 0.222. The molecule has 1 atom stereocenters. The van der Waals surface area contributed by atoms with Gasteiger partial charge in [-0.1, -0.05) is 42.0 Å². The van der Waals surface area contributed by atoms with Crippen LogP contribution >= 0.6 is 0 Å². The molecule has 1 amide bonds. The van der Waals surface area contributed by atoms with Crippen molar-refractivity contribution in [2.24, 2.45) is 5.10 Å². The van der Waals surface area contributed by atoms with Gasteiger partial charge in [0, 0.05) is 18.9 Å². The molecule has 0 saturated carbocycles. The van der Waals surface area contributed by atoms with E-state index in [2.05, 4.69) is 11.2 Å². The molecule has 2 aromatic rings. The molecule has 4 heteroatoms. The van der Waals surface area contributed by atoms with E-state index in [1.165, 1.54) is 11.9 Å². The van der Waals surface area contributed by atoms with Gasteiger partial charge in [-0.25, -0.2) is 5.01 Å². The van der Waals surface area contributed by atoms with Gasteiger partial charge < -0.3 is 5.11 Å². The molecule has 1 N–H and O–H groups in total. The Morgan fingerprint density at radius 2 is 2.00 bits per heavy atom. The molecule has 112 valence electrons. The maximum absolute atomic E-state index is 11.9. The zero-order valence-corrected chi connectivity index (χ0v) is 12.7. The molecule has 0 saturated heterocycles. The minimum absolute atomic E-state index is 0.0818. The van der Waals surface area contributed by atoms with Gasteiger partial charge in [0.05, 0.1) is 11.8 Å². The van der Waals surface area contributed by atoms with Crippen LogP contribution in [-0.2, 0) is 4.79 Å². The Morgan fingerprint density at radius 3 is 2.68 bits per heavy atom. The molecule has 0 bridgehead atoms. The number of carbonyl (C=O) groups is 1. The molecule has 2 aromatic carbocycles. The minimum atomic E-state index is -0.0882. The molecule has 0 spiro atoms. The summed E-state index contributed by atoms with van der Waals surface area (Å²) in [6, 6.07) is 15.0. The summed E-state index contributed by atoms with van der Waals surface area (Å²) in [4.78, 5) is 11.9. The van der Waals surface area contributed by atoms with E-state index in [-0.39, 0.29) is 17.7 Å². The summed E-state index contributed by atoms with van der Waals surface area (Å²) in [5, 5.41) is 15.6. The molecule has 1 aliphatic rings. The Bertz CT molecular complexity index is 752. The van der Waals surface area contributed by atoms with Crippen molar-refractivity contribution in [3.8, 4) is 5.75 Å². The Morgan fingerprint density at radius 1 is 1.23 bits per heavy atom. The summed E-state index contributed by atoms with van der Waals surface area (Å²) in [6.45, 7) is 3.56. The molecule has 22 heavy (non-hydrogen) atoms. The molecule has 1 aliphatic heterocycles. The highest BCUT2D eigenvalue weighted by molar-refractivity contribution is 6.03.